The molecule has 0 N–H and O–H groups in total. The van der Waals surface area contributed by atoms with E-state index in [-0.39, 0.29) is 34.8 Å². The number of amides is 1. The summed E-state index contributed by atoms with van der Waals surface area (Å²) in [5.41, 5.74) is -0.670. The first-order valence-electron chi connectivity index (χ1n) is 9.20. The van der Waals surface area contributed by atoms with Crippen LogP contribution in [0.2, 0.25) is 5.02 Å². The van der Waals surface area contributed by atoms with Crippen LogP contribution in [0.25, 0.3) is 5.82 Å². The van der Waals surface area contributed by atoms with Crippen molar-refractivity contribution < 1.29 is 22.7 Å². The number of likely N-dealkylation sites (N-methyl/N-ethyl adjacent to an activating group) is 1. The molecular weight excluding hydrogens is 437 g/mol. The van der Waals surface area contributed by atoms with Gasteiger partial charge in [0.2, 0.25) is 5.88 Å². The number of hydrogen-bond acceptors (Lipinski definition) is 6. The molecule has 31 heavy (non-hydrogen) atoms. The summed E-state index contributed by atoms with van der Waals surface area (Å²) in [5, 5.41) is 8.28. The number of aromatic nitrogens is 5. The van der Waals surface area contributed by atoms with Crippen molar-refractivity contribution in [1.82, 2.24) is 29.9 Å². The summed E-state index contributed by atoms with van der Waals surface area (Å²) >= 11 is 6.04. The van der Waals surface area contributed by atoms with Crippen LogP contribution in [0.3, 0.4) is 0 Å². The Morgan fingerprint density at radius 2 is 1.94 bits per heavy atom. The monoisotopic (exact) mass is 454 g/mol. The van der Waals surface area contributed by atoms with Crippen LogP contribution in [0.15, 0.2) is 43.0 Å². The maximum absolute atomic E-state index is 13.2. The fourth-order valence-electron chi connectivity index (χ4n) is 2.81. The van der Waals surface area contributed by atoms with Gasteiger partial charge in [-0.05, 0) is 26.0 Å². The molecule has 0 aromatic carbocycles. The second-order valence-corrected chi connectivity index (χ2v) is 6.91. The van der Waals surface area contributed by atoms with Gasteiger partial charge in [0.05, 0.1) is 34.6 Å². The molecular formula is C19H18ClF3N6O2. The summed E-state index contributed by atoms with van der Waals surface area (Å²) in [6.07, 6.45) is 0.515. The van der Waals surface area contributed by atoms with Gasteiger partial charge in [-0.15, -0.1) is 4.80 Å². The molecule has 1 unspecified atom stereocenters. The first-order valence-corrected chi connectivity index (χ1v) is 9.57. The summed E-state index contributed by atoms with van der Waals surface area (Å²) in [6, 6.07) is 3.06. The van der Waals surface area contributed by atoms with E-state index in [0.29, 0.717) is 12.7 Å². The van der Waals surface area contributed by atoms with E-state index in [0.717, 1.165) is 12.1 Å². The Bertz CT molecular complexity index is 1030. The number of alkyl halides is 3. The summed E-state index contributed by atoms with van der Waals surface area (Å²) < 4.78 is 43.4. The van der Waals surface area contributed by atoms with Crippen LogP contribution in [0.1, 0.15) is 29.8 Å². The van der Waals surface area contributed by atoms with Crippen LogP contribution in [-0.2, 0) is 6.18 Å². The van der Waals surface area contributed by atoms with Crippen molar-refractivity contribution in [1.29, 1.82) is 0 Å². The summed E-state index contributed by atoms with van der Waals surface area (Å²) in [4.78, 5) is 23.8. The van der Waals surface area contributed by atoms with Gasteiger partial charge in [0.25, 0.3) is 5.91 Å². The molecule has 8 nitrogen and oxygen atoms in total. The SMILES string of the molecule is CCN(C(=O)c1cc(Cl)cnc1-n1nccn1)C(C)COc1ccc(C(F)(F)F)cn1. The van der Waals surface area contributed by atoms with Gasteiger partial charge in [-0.25, -0.2) is 9.97 Å². The van der Waals surface area contributed by atoms with Crippen LogP contribution in [0.5, 0.6) is 5.88 Å². The molecule has 0 saturated heterocycles. The molecule has 164 valence electrons. The molecule has 3 aromatic heterocycles. The highest BCUT2D eigenvalue weighted by Gasteiger charge is 2.31. The zero-order valence-corrected chi connectivity index (χ0v) is 17.3. The smallest absolute Gasteiger partial charge is 0.417 e. The Labute approximate surface area is 180 Å². The lowest BCUT2D eigenvalue weighted by Gasteiger charge is -2.28. The maximum atomic E-state index is 13.2. The van der Waals surface area contributed by atoms with Crippen molar-refractivity contribution in [3.63, 3.8) is 0 Å². The number of pyridine rings is 2. The zero-order chi connectivity index (χ0) is 22.6. The summed E-state index contributed by atoms with van der Waals surface area (Å²) in [6.45, 7) is 3.88. The Morgan fingerprint density at radius 1 is 1.23 bits per heavy atom. The van der Waals surface area contributed by atoms with Crippen LogP contribution in [0, 0.1) is 0 Å². The van der Waals surface area contributed by atoms with E-state index in [9.17, 15) is 18.0 Å². The van der Waals surface area contributed by atoms with Gasteiger partial charge in [0.1, 0.15) is 6.61 Å². The van der Waals surface area contributed by atoms with Crippen molar-refractivity contribution in [2.45, 2.75) is 26.1 Å². The standard InChI is InChI=1S/C19H18ClF3N6O2/c1-3-28(12(2)11-31-16-5-4-13(9-24-16)19(21,22)23)18(30)15-8-14(20)10-25-17(15)29-26-6-7-27-29/h4-10,12H,3,11H2,1-2H3. The highest BCUT2D eigenvalue weighted by Crippen LogP contribution is 2.29. The van der Waals surface area contributed by atoms with Crippen molar-refractivity contribution in [3.05, 3.63) is 59.1 Å². The number of rotatable bonds is 7. The molecule has 3 heterocycles. The molecule has 12 heteroatoms. The summed E-state index contributed by atoms with van der Waals surface area (Å²) in [7, 11) is 0. The van der Waals surface area contributed by atoms with Crippen molar-refractivity contribution in [2.24, 2.45) is 0 Å². The predicted octanol–water partition coefficient (Wildman–Crippen LogP) is 3.66. The molecule has 0 aliphatic rings. The molecule has 1 amide bonds. The Kier molecular flexibility index (Phi) is 6.74. The third-order valence-corrected chi connectivity index (χ3v) is 4.55. The van der Waals surface area contributed by atoms with Gasteiger partial charge in [0, 0.05) is 25.0 Å². The number of carbonyl (C=O) groups excluding carboxylic acids is 1. The van der Waals surface area contributed by atoms with E-state index in [1.54, 1.807) is 13.8 Å². The molecule has 0 spiro atoms. The second-order valence-electron chi connectivity index (χ2n) is 6.48. The Morgan fingerprint density at radius 3 is 2.52 bits per heavy atom. The van der Waals surface area contributed by atoms with E-state index in [1.807, 2.05) is 0 Å². The molecule has 3 rings (SSSR count). The molecule has 0 fully saturated rings. The second kappa shape index (κ2) is 9.29. The predicted molar refractivity (Wildman–Crippen MR) is 105 cm³/mol. The molecule has 0 saturated carbocycles. The van der Waals surface area contributed by atoms with E-state index in [4.69, 9.17) is 16.3 Å². The Hall–Kier alpha value is -3.21. The van der Waals surface area contributed by atoms with Gasteiger partial charge in [-0.2, -0.15) is 23.4 Å². The first-order chi connectivity index (χ1) is 14.7. The van der Waals surface area contributed by atoms with E-state index in [1.165, 1.54) is 34.4 Å². The molecule has 0 aliphatic carbocycles. The third-order valence-electron chi connectivity index (χ3n) is 4.34. The van der Waals surface area contributed by atoms with Gasteiger partial charge in [0.15, 0.2) is 5.82 Å². The number of hydrogen-bond donors (Lipinski definition) is 0. The minimum absolute atomic E-state index is 0.0152. The number of halogens is 4. The molecule has 0 aliphatic heterocycles. The van der Waals surface area contributed by atoms with E-state index in [2.05, 4.69) is 20.2 Å². The van der Waals surface area contributed by atoms with Crippen LogP contribution < -0.4 is 4.74 Å². The van der Waals surface area contributed by atoms with Crippen molar-refractivity contribution >= 4 is 17.5 Å². The topological polar surface area (TPSA) is 86.0 Å². The van der Waals surface area contributed by atoms with Crippen molar-refractivity contribution in [3.8, 4) is 11.7 Å². The fraction of sp³-hybridized carbons (Fsp3) is 0.316. The molecule has 0 bridgehead atoms. The first kappa shape index (κ1) is 22.5. The van der Waals surface area contributed by atoms with Crippen LogP contribution in [-0.4, -0.2) is 55.0 Å². The van der Waals surface area contributed by atoms with Crippen LogP contribution >= 0.6 is 11.6 Å². The molecule has 3 aromatic rings. The average molecular weight is 455 g/mol. The van der Waals surface area contributed by atoms with Crippen molar-refractivity contribution in [2.75, 3.05) is 13.2 Å². The van der Waals surface area contributed by atoms with Gasteiger partial charge < -0.3 is 9.64 Å². The minimum atomic E-state index is -4.48. The lowest BCUT2D eigenvalue weighted by molar-refractivity contribution is -0.137. The molecule has 1 atom stereocenters. The number of ether oxygens (including phenoxy) is 1. The van der Waals surface area contributed by atoms with E-state index < -0.39 is 17.8 Å². The highest BCUT2D eigenvalue weighted by molar-refractivity contribution is 6.30. The Balaban J connectivity index is 1.74. The lowest BCUT2D eigenvalue weighted by Crippen LogP contribution is -2.42. The average Bonchev–Trinajstić information content (AvgIpc) is 3.27. The molecule has 0 radical (unpaired) electrons. The van der Waals surface area contributed by atoms with Gasteiger partial charge in [-0.1, -0.05) is 11.6 Å². The normalized spacial score (nSPS) is 12.5. The summed E-state index contributed by atoms with van der Waals surface area (Å²) in [5.74, 6) is -0.133. The number of carbonyl (C=O) groups is 1. The number of nitrogens with zero attached hydrogens (tertiary/aromatic N) is 6. The van der Waals surface area contributed by atoms with Gasteiger partial charge in [-0.3, -0.25) is 4.79 Å². The van der Waals surface area contributed by atoms with Crippen LogP contribution in [0.4, 0.5) is 13.2 Å². The third kappa shape index (κ3) is 5.29. The lowest BCUT2D eigenvalue weighted by atomic mass is 10.2. The largest absolute Gasteiger partial charge is 0.475 e. The van der Waals surface area contributed by atoms with E-state index >= 15 is 0 Å². The minimum Gasteiger partial charge on any atom is -0.475 e. The highest BCUT2D eigenvalue weighted by atomic mass is 35.5. The fourth-order valence-corrected chi connectivity index (χ4v) is 2.97. The van der Waals surface area contributed by atoms with Gasteiger partial charge >= 0.3 is 6.18 Å². The zero-order valence-electron chi connectivity index (χ0n) is 16.5. The maximum Gasteiger partial charge on any atom is 0.417 e. The quantitative estimate of drug-likeness (QED) is 0.541.